The zero-order valence-electron chi connectivity index (χ0n) is 15.4. The summed E-state index contributed by atoms with van der Waals surface area (Å²) in [6.45, 7) is 1.78. The topological polar surface area (TPSA) is 94.0 Å². The smallest absolute Gasteiger partial charge is 0.215 e. The van der Waals surface area contributed by atoms with Crippen LogP contribution in [0, 0.1) is 5.82 Å². The first-order valence-corrected chi connectivity index (χ1v) is 9.24. The first-order valence-electron chi connectivity index (χ1n) is 8.86. The van der Waals surface area contributed by atoms with Gasteiger partial charge in [-0.3, -0.25) is 14.8 Å². The molecule has 146 valence electrons. The molecule has 4 aromatic rings. The minimum Gasteiger partial charge on any atom is -0.436 e. The van der Waals surface area contributed by atoms with Crippen LogP contribution in [0.1, 0.15) is 23.8 Å². The number of rotatable bonds is 5. The van der Waals surface area contributed by atoms with E-state index in [9.17, 15) is 9.18 Å². The number of nitrogens with two attached hydrogens (primary N) is 1. The molecule has 4 rings (SSSR count). The maximum atomic E-state index is 13.4. The second kappa shape index (κ2) is 7.52. The van der Waals surface area contributed by atoms with Crippen molar-refractivity contribution in [1.29, 1.82) is 0 Å². The molecule has 0 saturated carbocycles. The molecule has 0 aliphatic carbocycles. The third-order valence-electron chi connectivity index (χ3n) is 4.46. The van der Waals surface area contributed by atoms with Crippen molar-refractivity contribution in [2.75, 3.05) is 11.1 Å². The number of aromatic nitrogens is 2. The Hall–Kier alpha value is -3.45. The molecule has 0 saturated heterocycles. The van der Waals surface area contributed by atoms with Crippen molar-refractivity contribution in [2.24, 2.45) is 0 Å². The second-order valence-corrected chi connectivity index (χ2v) is 6.75. The molecule has 3 N–H and O–H groups in total. The highest BCUT2D eigenvalue weighted by molar-refractivity contribution is 6.31. The summed E-state index contributed by atoms with van der Waals surface area (Å²) in [6, 6.07) is 9.46. The number of nitrogens with one attached hydrogen (secondary N) is 1. The SMILES string of the molecule is CCC(=O)c1cc(-c2nccc3c(Nc4ccc(F)c(Cl)c4)c(N)oc23)ccn1. The number of benzene rings is 1. The zero-order valence-corrected chi connectivity index (χ0v) is 16.1. The van der Waals surface area contributed by atoms with Gasteiger partial charge in [-0.2, -0.15) is 0 Å². The summed E-state index contributed by atoms with van der Waals surface area (Å²) in [6.07, 6.45) is 3.54. The normalized spacial score (nSPS) is 11.0. The molecule has 0 atom stereocenters. The molecule has 3 heterocycles. The average molecular weight is 411 g/mol. The third kappa shape index (κ3) is 3.52. The van der Waals surface area contributed by atoms with Crippen LogP contribution in [0.15, 0.2) is 53.2 Å². The van der Waals surface area contributed by atoms with E-state index in [4.69, 9.17) is 21.8 Å². The lowest BCUT2D eigenvalue weighted by molar-refractivity contribution is 0.0983. The molecule has 0 aliphatic heterocycles. The number of fused-ring (bicyclic) bond motifs is 1. The zero-order chi connectivity index (χ0) is 20.5. The highest BCUT2D eigenvalue weighted by atomic mass is 35.5. The summed E-state index contributed by atoms with van der Waals surface area (Å²) in [5.74, 6) is -0.425. The van der Waals surface area contributed by atoms with Crippen molar-refractivity contribution >= 4 is 45.6 Å². The Bertz CT molecular complexity index is 1240. The van der Waals surface area contributed by atoms with Crippen LogP contribution in [0.3, 0.4) is 0 Å². The van der Waals surface area contributed by atoms with Crippen molar-refractivity contribution in [3.63, 3.8) is 0 Å². The van der Waals surface area contributed by atoms with Crippen molar-refractivity contribution < 1.29 is 13.6 Å². The molecule has 3 aromatic heterocycles. The van der Waals surface area contributed by atoms with Gasteiger partial charge < -0.3 is 15.5 Å². The lowest BCUT2D eigenvalue weighted by Gasteiger charge is -2.07. The lowest BCUT2D eigenvalue weighted by atomic mass is 10.1. The number of nitrogens with zero attached hydrogens (tertiary/aromatic N) is 2. The number of hydrogen-bond acceptors (Lipinski definition) is 6. The van der Waals surface area contributed by atoms with Crippen molar-refractivity contribution in [3.05, 3.63) is 65.3 Å². The monoisotopic (exact) mass is 410 g/mol. The predicted molar refractivity (Wildman–Crippen MR) is 111 cm³/mol. The van der Waals surface area contributed by atoms with Crippen LogP contribution >= 0.6 is 11.6 Å². The summed E-state index contributed by atoms with van der Waals surface area (Å²) in [4.78, 5) is 20.5. The number of Topliss-reactive ketones (excluding diaryl/α,β-unsaturated/α-hetero) is 1. The number of hydrogen-bond donors (Lipinski definition) is 2. The van der Waals surface area contributed by atoms with E-state index >= 15 is 0 Å². The van der Waals surface area contributed by atoms with E-state index in [1.165, 1.54) is 12.1 Å². The Morgan fingerprint density at radius 3 is 2.76 bits per heavy atom. The van der Waals surface area contributed by atoms with Crippen molar-refractivity contribution in [3.8, 4) is 11.3 Å². The maximum Gasteiger partial charge on any atom is 0.215 e. The molecule has 8 heteroatoms. The van der Waals surface area contributed by atoms with Gasteiger partial charge in [-0.05, 0) is 36.4 Å². The summed E-state index contributed by atoms with van der Waals surface area (Å²) in [7, 11) is 0. The first kappa shape index (κ1) is 18.9. The minimum atomic E-state index is -0.510. The number of carbonyl (C=O) groups is 1. The second-order valence-electron chi connectivity index (χ2n) is 6.34. The standard InChI is InChI=1S/C21H16ClFN4O2/c1-2-17(28)16-9-11(5-7-25-16)18-20-13(6-8-26-18)19(21(24)29-20)27-12-3-4-15(23)14(22)10-12/h3-10,27H,2,24H2,1H3. The largest absolute Gasteiger partial charge is 0.436 e. The summed E-state index contributed by atoms with van der Waals surface area (Å²) >= 11 is 5.86. The van der Waals surface area contributed by atoms with Crippen LogP contribution in [0.5, 0.6) is 0 Å². The van der Waals surface area contributed by atoms with Gasteiger partial charge in [0.25, 0.3) is 0 Å². The molecule has 0 unspecified atom stereocenters. The highest BCUT2D eigenvalue weighted by Crippen LogP contribution is 2.39. The Morgan fingerprint density at radius 1 is 1.21 bits per heavy atom. The van der Waals surface area contributed by atoms with Crippen LogP contribution in [0.2, 0.25) is 5.02 Å². The van der Waals surface area contributed by atoms with Gasteiger partial charge in [0.1, 0.15) is 22.9 Å². The van der Waals surface area contributed by atoms with Crippen LogP contribution in [-0.4, -0.2) is 15.8 Å². The number of furan rings is 1. The van der Waals surface area contributed by atoms with E-state index in [0.29, 0.717) is 45.7 Å². The predicted octanol–water partition coefficient (Wildman–Crippen LogP) is 5.60. The van der Waals surface area contributed by atoms with E-state index in [0.717, 1.165) is 0 Å². The summed E-state index contributed by atoms with van der Waals surface area (Å²) in [5, 5.41) is 3.80. The summed E-state index contributed by atoms with van der Waals surface area (Å²) in [5.41, 5.74) is 9.21. The number of nitrogen functional groups attached to an aromatic ring is 1. The van der Waals surface area contributed by atoms with Gasteiger partial charge >= 0.3 is 0 Å². The van der Waals surface area contributed by atoms with E-state index < -0.39 is 5.82 Å². The minimum absolute atomic E-state index is 0.00589. The van der Waals surface area contributed by atoms with Gasteiger partial charge in [0.2, 0.25) is 5.88 Å². The number of anilines is 3. The maximum absolute atomic E-state index is 13.4. The Balaban J connectivity index is 1.80. The Morgan fingerprint density at radius 2 is 2.00 bits per heavy atom. The van der Waals surface area contributed by atoms with Gasteiger partial charge in [-0.25, -0.2) is 4.39 Å². The summed E-state index contributed by atoms with van der Waals surface area (Å²) < 4.78 is 19.2. The highest BCUT2D eigenvalue weighted by Gasteiger charge is 2.18. The van der Waals surface area contributed by atoms with Crippen LogP contribution in [-0.2, 0) is 0 Å². The molecule has 6 nitrogen and oxygen atoms in total. The van der Waals surface area contributed by atoms with Crippen LogP contribution in [0.25, 0.3) is 22.2 Å². The number of halogens is 2. The van der Waals surface area contributed by atoms with Gasteiger partial charge in [-0.15, -0.1) is 0 Å². The van der Waals surface area contributed by atoms with Gasteiger partial charge in [0.05, 0.1) is 10.4 Å². The Kier molecular flexibility index (Phi) is 4.90. The van der Waals surface area contributed by atoms with Crippen LogP contribution in [0.4, 0.5) is 21.6 Å². The van der Waals surface area contributed by atoms with E-state index in [-0.39, 0.29) is 16.7 Å². The number of pyridine rings is 2. The molecular weight excluding hydrogens is 395 g/mol. The molecule has 0 bridgehead atoms. The molecule has 0 spiro atoms. The lowest BCUT2D eigenvalue weighted by Crippen LogP contribution is -2.00. The van der Waals surface area contributed by atoms with E-state index in [2.05, 4.69) is 15.3 Å². The fourth-order valence-corrected chi connectivity index (χ4v) is 3.19. The quantitative estimate of drug-likeness (QED) is 0.416. The third-order valence-corrected chi connectivity index (χ3v) is 4.75. The number of ketones is 1. The fraction of sp³-hybridized carbons (Fsp3) is 0.0952. The van der Waals surface area contributed by atoms with Gasteiger partial charge in [0, 0.05) is 30.1 Å². The molecule has 0 fully saturated rings. The molecule has 29 heavy (non-hydrogen) atoms. The molecule has 0 radical (unpaired) electrons. The first-order chi connectivity index (χ1) is 14.0. The van der Waals surface area contributed by atoms with Crippen molar-refractivity contribution in [1.82, 2.24) is 9.97 Å². The molecule has 0 aliphatic rings. The average Bonchev–Trinajstić information content (AvgIpc) is 3.05. The molecular formula is C21H16ClFN4O2. The van der Waals surface area contributed by atoms with Gasteiger partial charge in [-0.1, -0.05) is 18.5 Å². The van der Waals surface area contributed by atoms with E-state index in [1.54, 1.807) is 43.6 Å². The molecule has 0 amide bonds. The fourth-order valence-electron chi connectivity index (χ4n) is 3.01. The van der Waals surface area contributed by atoms with Crippen LogP contribution < -0.4 is 11.1 Å². The molecule has 1 aromatic carbocycles. The number of carbonyl (C=O) groups excluding carboxylic acids is 1. The Labute approximate surface area is 170 Å². The van der Waals surface area contributed by atoms with Gasteiger partial charge in [0.15, 0.2) is 11.4 Å². The van der Waals surface area contributed by atoms with Crippen molar-refractivity contribution in [2.45, 2.75) is 13.3 Å². The van der Waals surface area contributed by atoms with E-state index in [1.807, 2.05) is 0 Å².